The minimum atomic E-state index is -0.712. The van der Waals surface area contributed by atoms with Crippen molar-refractivity contribution < 1.29 is 13.7 Å². The Kier molecular flexibility index (Phi) is 6.77. The highest BCUT2D eigenvalue weighted by Gasteiger charge is 2.26. The van der Waals surface area contributed by atoms with Crippen LogP contribution >= 0.6 is 0 Å². The molecule has 1 fully saturated rings. The number of nitrogens with one attached hydrogen (secondary N) is 2. The van der Waals surface area contributed by atoms with Gasteiger partial charge in [0.1, 0.15) is 0 Å². The first kappa shape index (κ1) is 19.0. The minimum absolute atomic E-state index is 0.286. The van der Waals surface area contributed by atoms with Crippen LogP contribution in [0, 0.1) is 0 Å². The Bertz CT molecular complexity index is 665. The Hall–Kier alpha value is -1.76. The van der Waals surface area contributed by atoms with Crippen LogP contribution in [0.3, 0.4) is 0 Å². The monoisotopic (exact) mass is 379 g/mol. The summed E-state index contributed by atoms with van der Waals surface area (Å²) in [5.74, 6) is 3.14. The van der Waals surface area contributed by atoms with E-state index in [1.54, 1.807) is 0 Å². The molecule has 1 aromatic carbocycles. The molecule has 0 amide bonds. The predicted octanol–water partition coefficient (Wildman–Crippen LogP) is 2.55. The summed E-state index contributed by atoms with van der Waals surface area (Å²) in [4.78, 5) is 4.72. The summed E-state index contributed by atoms with van der Waals surface area (Å²) in [7, 11) is -0.712. The van der Waals surface area contributed by atoms with E-state index in [0.29, 0.717) is 17.8 Å². The lowest BCUT2D eigenvalue weighted by molar-refractivity contribution is 0.174. The van der Waals surface area contributed by atoms with E-state index in [4.69, 9.17) is 14.5 Å². The SMILES string of the molecule is CCNC(=NCc1ccc2c(c1)OCO2)NC1CCCC(S(=O)CC)C1. The van der Waals surface area contributed by atoms with Gasteiger partial charge in [0, 0.05) is 34.4 Å². The van der Waals surface area contributed by atoms with E-state index in [1.165, 1.54) is 0 Å². The zero-order valence-electron chi connectivity index (χ0n) is 15.6. The van der Waals surface area contributed by atoms with Crippen molar-refractivity contribution in [3.8, 4) is 11.5 Å². The summed E-state index contributed by atoms with van der Waals surface area (Å²) < 4.78 is 22.9. The highest BCUT2D eigenvalue weighted by atomic mass is 32.2. The van der Waals surface area contributed by atoms with Crippen LogP contribution in [0.25, 0.3) is 0 Å². The molecular weight excluding hydrogens is 350 g/mol. The Labute approximate surface area is 158 Å². The number of nitrogens with zero attached hydrogens (tertiary/aromatic N) is 1. The first-order chi connectivity index (χ1) is 12.7. The molecule has 0 saturated heterocycles. The van der Waals surface area contributed by atoms with Gasteiger partial charge in [-0.25, -0.2) is 4.99 Å². The van der Waals surface area contributed by atoms with Crippen LogP contribution in [0.4, 0.5) is 0 Å². The Morgan fingerprint density at radius 2 is 2.12 bits per heavy atom. The van der Waals surface area contributed by atoms with E-state index >= 15 is 0 Å². The fraction of sp³-hybridized carbons (Fsp3) is 0.632. The number of fused-ring (bicyclic) bond motifs is 1. The first-order valence-electron chi connectivity index (χ1n) is 9.50. The molecule has 1 aliphatic heterocycles. The lowest BCUT2D eigenvalue weighted by atomic mass is 9.95. The van der Waals surface area contributed by atoms with E-state index in [9.17, 15) is 4.21 Å². The zero-order chi connectivity index (χ0) is 18.4. The van der Waals surface area contributed by atoms with Crippen molar-refractivity contribution >= 4 is 16.8 Å². The lowest BCUT2D eigenvalue weighted by Crippen LogP contribution is -2.46. The van der Waals surface area contributed by atoms with Gasteiger partial charge in [-0.05, 0) is 43.9 Å². The van der Waals surface area contributed by atoms with Gasteiger partial charge in [-0.15, -0.1) is 0 Å². The Morgan fingerprint density at radius 3 is 2.92 bits per heavy atom. The van der Waals surface area contributed by atoms with Gasteiger partial charge in [-0.2, -0.15) is 0 Å². The number of hydrogen-bond donors (Lipinski definition) is 2. The van der Waals surface area contributed by atoms with Gasteiger partial charge < -0.3 is 20.1 Å². The van der Waals surface area contributed by atoms with Gasteiger partial charge in [0.25, 0.3) is 0 Å². The Morgan fingerprint density at radius 1 is 1.27 bits per heavy atom. The number of aliphatic imine (C=N–C) groups is 1. The highest BCUT2D eigenvalue weighted by Crippen LogP contribution is 2.32. The number of rotatable bonds is 6. The van der Waals surface area contributed by atoms with Gasteiger partial charge in [-0.3, -0.25) is 4.21 Å². The average molecular weight is 380 g/mol. The van der Waals surface area contributed by atoms with E-state index < -0.39 is 10.8 Å². The normalized spacial score (nSPS) is 23.5. The van der Waals surface area contributed by atoms with Gasteiger partial charge in [-0.1, -0.05) is 19.4 Å². The highest BCUT2D eigenvalue weighted by molar-refractivity contribution is 7.85. The molecule has 26 heavy (non-hydrogen) atoms. The van der Waals surface area contributed by atoms with Crippen LogP contribution in [-0.2, 0) is 17.3 Å². The van der Waals surface area contributed by atoms with E-state index in [-0.39, 0.29) is 6.79 Å². The minimum Gasteiger partial charge on any atom is -0.454 e. The van der Waals surface area contributed by atoms with Crippen molar-refractivity contribution in [2.24, 2.45) is 4.99 Å². The molecule has 3 unspecified atom stereocenters. The van der Waals surface area contributed by atoms with E-state index in [2.05, 4.69) is 17.6 Å². The molecule has 0 bridgehead atoms. The second-order valence-corrected chi connectivity index (χ2v) is 8.69. The van der Waals surface area contributed by atoms with Crippen LogP contribution in [0.1, 0.15) is 45.1 Å². The van der Waals surface area contributed by atoms with Crippen molar-refractivity contribution in [3.05, 3.63) is 23.8 Å². The van der Waals surface area contributed by atoms with Crippen LogP contribution in [-0.4, -0.2) is 40.6 Å². The van der Waals surface area contributed by atoms with Gasteiger partial charge in [0.05, 0.1) is 6.54 Å². The smallest absolute Gasteiger partial charge is 0.231 e. The number of benzene rings is 1. The molecule has 1 saturated carbocycles. The van der Waals surface area contributed by atoms with Crippen molar-refractivity contribution in [1.82, 2.24) is 10.6 Å². The van der Waals surface area contributed by atoms with E-state index in [1.807, 2.05) is 25.1 Å². The average Bonchev–Trinajstić information content (AvgIpc) is 3.13. The molecule has 2 N–H and O–H groups in total. The fourth-order valence-corrected chi connectivity index (χ4v) is 4.82. The maximum atomic E-state index is 12.1. The molecule has 1 aliphatic carbocycles. The summed E-state index contributed by atoms with van der Waals surface area (Å²) in [6, 6.07) is 6.26. The maximum Gasteiger partial charge on any atom is 0.231 e. The third kappa shape index (κ3) is 4.90. The molecule has 1 heterocycles. The van der Waals surface area contributed by atoms with Crippen LogP contribution in [0.5, 0.6) is 11.5 Å². The quantitative estimate of drug-likeness (QED) is 0.587. The molecule has 0 radical (unpaired) electrons. The molecule has 7 heteroatoms. The summed E-state index contributed by atoms with van der Waals surface area (Å²) in [5, 5.41) is 7.16. The lowest BCUT2D eigenvalue weighted by Gasteiger charge is -2.30. The largest absolute Gasteiger partial charge is 0.454 e. The van der Waals surface area contributed by atoms with Crippen molar-refractivity contribution in [1.29, 1.82) is 0 Å². The molecule has 144 valence electrons. The molecular formula is C19H29N3O3S. The van der Waals surface area contributed by atoms with Gasteiger partial charge in [0.15, 0.2) is 17.5 Å². The van der Waals surface area contributed by atoms with Crippen LogP contribution < -0.4 is 20.1 Å². The summed E-state index contributed by atoms with van der Waals surface area (Å²) in [6.07, 6.45) is 4.25. The topological polar surface area (TPSA) is 72.0 Å². The third-order valence-corrected chi connectivity index (χ3v) is 6.56. The van der Waals surface area contributed by atoms with Crippen molar-refractivity contribution in [2.75, 3.05) is 19.1 Å². The zero-order valence-corrected chi connectivity index (χ0v) is 16.4. The standard InChI is InChI=1S/C19H29N3O3S/c1-3-20-19(22-15-6-5-7-16(11-15)26(23)4-2)21-12-14-8-9-17-18(10-14)25-13-24-17/h8-10,15-16H,3-7,11-13H2,1-2H3,(H2,20,21,22). The molecule has 6 nitrogen and oxygen atoms in total. The summed E-state index contributed by atoms with van der Waals surface area (Å²) in [5.41, 5.74) is 1.08. The van der Waals surface area contributed by atoms with Crippen LogP contribution in [0.15, 0.2) is 23.2 Å². The maximum absolute atomic E-state index is 12.1. The number of guanidine groups is 1. The molecule has 1 aromatic rings. The molecule has 2 aliphatic rings. The van der Waals surface area contributed by atoms with Crippen molar-refractivity contribution in [3.63, 3.8) is 0 Å². The van der Waals surface area contributed by atoms with Crippen LogP contribution in [0.2, 0.25) is 0 Å². The molecule has 0 aromatic heterocycles. The Balaban J connectivity index is 1.61. The van der Waals surface area contributed by atoms with Gasteiger partial charge in [0.2, 0.25) is 6.79 Å². The molecule has 3 rings (SSSR count). The van der Waals surface area contributed by atoms with Crippen molar-refractivity contribution in [2.45, 2.75) is 57.4 Å². The second kappa shape index (κ2) is 9.26. The van der Waals surface area contributed by atoms with Gasteiger partial charge >= 0.3 is 0 Å². The molecule has 0 spiro atoms. The third-order valence-electron chi connectivity index (χ3n) is 4.82. The fourth-order valence-electron chi connectivity index (χ4n) is 3.47. The second-order valence-electron chi connectivity index (χ2n) is 6.68. The first-order valence-corrected chi connectivity index (χ1v) is 10.9. The summed E-state index contributed by atoms with van der Waals surface area (Å²) >= 11 is 0. The number of hydrogen-bond acceptors (Lipinski definition) is 4. The van der Waals surface area contributed by atoms with E-state index in [0.717, 1.165) is 61.0 Å². The summed E-state index contributed by atoms with van der Waals surface area (Å²) in [6.45, 7) is 5.74. The molecule has 3 atom stereocenters. The predicted molar refractivity (Wildman–Crippen MR) is 105 cm³/mol. The number of ether oxygens (including phenoxy) is 2.